The van der Waals surface area contributed by atoms with Crippen LogP contribution in [0.4, 0.5) is 4.39 Å². The van der Waals surface area contributed by atoms with Crippen molar-refractivity contribution in [2.75, 3.05) is 32.7 Å². The van der Waals surface area contributed by atoms with Gasteiger partial charge in [-0.3, -0.25) is 4.90 Å². The van der Waals surface area contributed by atoms with Crippen LogP contribution in [-0.2, 0) is 0 Å². The van der Waals surface area contributed by atoms with Crippen LogP contribution < -0.4 is 0 Å². The molecular weight excluding hydrogens is 291 g/mol. The second-order valence-corrected chi connectivity index (χ2v) is 7.69. The Morgan fingerprint density at radius 3 is 2.57 bits per heavy atom. The highest BCUT2D eigenvalue weighted by Gasteiger charge is 2.36. The molecule has 4 heteroatoms. The smallest absolute Gasteiger partial charge is 0.123 e. The van der Waals surface area contributed by atoms with Crippen LogP contribution in [0.1, 0.15) is 37.4 Å². The van der Waals surface area contributed by atoms with Crippen molar-refractivity contribution in [1.29, 1.82) is 0 Å². The molecule has 4 rings (SSSR count). The number of aliphatic hydroxyl groups excluding tert-OH is 1. The minimum absolute atomic E-state index is 0.239. The summed E-state index contributed by atoms with van der Waals surface area (Å²) in [5.41, 5.74) is 0.849. The molecule has 3 fully saturated rings. The maximum absolute atomic E-state index is 13.1. The van der Waals surface area contributed by atoms with Gasteiger partial charge in [0.2, 0.25) is 0 Å². The van der Waals surface area contributed by atoms with Gasteiger partial charge in [0, 0.05) is 44.7 Å². The molecule has 126 valence electrons. The summed E-state index contributed by atoms with van der Waals surface area (Å²) >= 11 is 0. The van der Waals surface area contributed by atoms with Gasteiger partial charge in [-0.1, -0.05) is 12.1 Å². The number of rotatable bonds is 4. The highest BCUT2D eigenvalue weighted by Crippen LogP contribution is 2.35. The summed E-state index contributed by atoms with van der Waals surface area (Å²) in [4.78, 5) is 5.22. The van der Waals surface area contributed by atoms with Crippen molar-refractivity contribution in [3.8, 4) is 0 Å². The molecule has 2 heterocycles. The van der Waals surface area contributed by atoms with E-state index in [1.807, 2.05) is 0 Å². The Balaban J connectivity index is 1.34. The summed E-state index contributed by atoms with van der Waals surface area (Å²) < 4.78 is 13.1. The van der Waals surface area contributed by atoms with Crippen LogP contribution in [-0.4, -0.2) is 53.7 Å². The first-order valence-electron chi connectivity index (χ1n) is 9.09. The SMILES string of the molecule is OC(c1ccc(F)cc1)[C@H]1CC[C@H]2CN(CC3CC3)CCN2C1. The third-order valence-electron chi connectivity index (χ3n) is 5.90. The van der Waals surface area contributed by atoms with E-state index in [2.05, 4.69) is 9.80 Å². The third kappa shape index (κ3) is 3.59. The summed E-state index contributed by atoms with van der Waals surface area (Å²) in [6.07, 6.45) is 4.62. The molecule has 3 aliphatic rings. The second kappa shape index (κ2) is 6.50. The monoisotopic (exact) mass is 318 g/mol. The number of fused-ring (bicyclic) bond motifs is 1. The fourth-order valence-electron chi connectivity index (χ4n) is 4.29. The molecule has 0 spiro atoms. The molecule has 1 saturated carbocycles. The zero-order valence-electron chi connectivity index (χ0n) is 13.7. The van der Waals surface area contributed by atoms with E-state index >= 15 is 0 Å². The Bertz CT molecular complexity index is 531. The van der Waals surface area contributed by atoms with E-state index in [1.54, 1.807) is 12.1 Å². The van der Waals surface area contributed by atoms with Crippen molar-refractivity contribution in [1.82, 2.24) is 9.80 Å². The first-order valence-corrected chi connectivity index (χ1v) is 9.09. The van der Waals surface area contributed by atoms with E-state index in [1.165, 1.54) is 51.0 Å². The maximum Gasteiger partial charge on any atom is 0.123 e. The first-order chi connectivity index (χ1) is 11.2. The van der Waals surface area contributed by atoms with Crippen LogP contribution in [0.3, 0.4) is 0 Å². The Hall–Kier alpha value is -0.970. The molecule has 23 heavy (non-hydrogen) atoms. The highest BCUT2D eigenvalue weighted by atomic mass is 19.1. The predicted molar refractivity (Wildman–Crippen MR) is 88.6 cm³/mol. The summed E-state index contributed by atoms with van der Waals surface area (Å²) in [6, 6.07) is 7.00. The topological polar surface area (TPSA) is 26.7 Å². The number of piperazine rings is 1. The lowest BCUT2D eigenvalue weighted by atomic mass is 9.85. The van der Waals surface area contributed by atoms with Crippen LogP contribution in [0.15, 0.2) is 24.3 Å². The molecule has 1 aliphatic carbocycles. The number of nitrogens with zero attached hydrogens (tertiary/aromatic N) is 2. The van der Waals surface area contributed by atoms with E-state index in [0.717, 1.165) is 31.0 Å². The van der Waals surface area contributed by atoms with Gasteiger partial charge in [0.15, 0.2) is 0 Å². The van der Waals surface area contributed by atoms with E-state index < -0.39 is 6.10 Å². The zero-order valence-corrected chi connectivity index (χ0v) is 13.7. The van der Waals surface area contributed by atoms with Crippen molar-refractivity contribution < 1.29 is 9.50 Å². The standard InChI is InChI=1S/C19H27FN2O/c20-17-6-3-15(4-7-17)19(23)16-5-8-18-13-21(11-14-1-2-14)9-10-22(18)12-16/h3-4,6-7,14,16,18-19,23H,1-2,5,8-13H2/t16-,18-,19?/m0/s1. The van der Waals surface area contributed by atoms with Crippen molar-refractivity contribution in [2.24, 2.45) is 11.8 Å². The van der Waals surface area contributed by atoms with Crippen molar-refractivity contribution in [3.63, 3.8) is 0 Å². The van der Waals surface area contributed by atoms with Gasteiger partial charge >= 0.3 is 0 Å². The number of halogens is 1. The average molecular weight is 318 g/mol. The van der Waals surface area contributed by atoms with Crippen LogP contribution >= 0.6 is 0 Å². The summed E-state index contributed by atoms with van der Waals surface area (Å²) in [5.74, 6) is 1.00. The normalized spacial score (nSPS) is 30.9. The molecule has 0 radical (unpaired) electrons. The van der Waals surface area contributed by atoms with Crippen LogP contribution in [0.5, 0.6) is 0 Å². The van der Waals surface area contributed by atoms with Gasteiger partial charge in [0.05, 0.1) is 6.10 Å². The highest BCUT2D eigenvalue weighted by molar-refractivity contribution is 5.19. The molecule has 0 bridgehead atoms. The Morgan fingerprint density at radius 2 is 1.83 bits per heavy atom. The van der Waals surface area contributed by atoms with Gasteiger partial charge < -0.3 is 10.0 Å². The third-order valence-corrected chi connectivity index (χ3v) is 5.90. The van der Waals surface area contributed by atoms with Crippen LogP contribution in [0.2, 0.25) is 0 Å². The number of piperidine rings is 1. The Morgan fingerprint density at radius 1 is 1.04 bits per heavy atom. The average Bonchev–Trinajstić information content (AvgIpc) is 3.38. The van der Waals surface area contributed by atoms with Gasteiger partial charge in [-0.25, -0.2) is 4.39 Å². The molecular formula is C19H27FN2O. The largest absolute Gasteiger partial charge is 0.388 e. The molecule has 1 aromatic carbocycles. The van der Waals surface area contributed by atoms with Gasteiger partial charge in [-0.05, 0) is 49.3 Å². The quantitative estimate of drug-likeness (QED) is 0.924. The fraction of sp³-hybridized carbons (Fsp3) is 0.684. The molecule has 2 saturated heterocycles. The maximum atomic E-state index is 13.1. The first kappa shape index (κ1) is 15.6. The lowest BCUT2D eigenvalue weighted by molar-refractivity contribution is -0.0126. The molecule has 0 aromatic heterocycles. The Kier molecular flexibility index (Phi) is 4.39. The minimum atomic E-state index is -0.471. The van der Waals surface area contributed by atoms with Gasteiger partial charge in [0.1, 0.15) is 5.82 Å². The molecule has 3 atom stereocenters. The summed E-state index contributed by atoms with van der Waals surface area (Å²) in [7, 11) is 0. The summed E-state index contributed by atoms with van der Waals surface area (Å²) in [6.45, 7) is 5.78. The van der Waals surface area contributed by atoms with Crippen molar-refractivity contribution in [2.45, 2.75) is 37.8 Å². The molecule has 0 amide bonds. The van der Waals surface area contributed by atoms with E-state index in [9.17, 15) is 9.50 Å². The van der Waals surface area contributed by atoms with Gasteiger partial charge in [-0.15, -0.1) is 0 Å². The van der Waals surface area contributed by atoms with Gasteiger partial charge in [0.25, 0.3) is 0 Å². The second-order valence-electron chi connectivity index (χ2n) is 7.69. The molecule has 3 nitrogen and oxygen atoms in total. The Labute approximate surface area is 138 Å². The van der Waals surface area contributed by atoms with E-state index in [4.69, 9.17) is 0 Å². The van der Waals surface area contributed by atoms with Gasteiger partial charge in [-0.2, -0.15) is 0 Å². The number of hydrogen-bond acceptors (Lipinski definition) is 3. The number of hydrogen-bond donors (Lipinski definition) is 1. The minimum Gasteiger partial charge on any atom is -0.388 e. The number of aliphatic hydroxyl groups is 1. The van der Waals surface area contributed by atoms with E-state index in [0.29, 0.717) is 6.04 Å². The lowest BCUT2D eigenvalue weighted by Gasteiger charge is -2.47. The van der Waals surface area contributed by atoms with Crippen LogP contribution in [0.25, 0.3) is 0 Å². The molecule has 1 aromatic rings. The number of benzene rings is 1. The van der Waals surface area contributed by atoms with Crippen molar-refractivity contribution >= 4 is 0 Å². The fourth-order valence-corrected chi connectivity index (χ4v) is 4.29. The predicted octanol–water partition coefficient (Wildman–Crippen LogP) is 2.67. The summed E-state index contributed by atoms with van der Waals surface area (Å²) in [5, 5.41) is 10.6. The lowest BCUT2D eigenvalue weighted by Crippen LogP contribution is -2.57. The van der Waals surface area contributed by atoms with Crippen molar-refractivity contribution in [3.05, 3.63) is 35.6 Å². The van der Waals surface area contributed by atoms with E-state index in [-0.39, 0.29) is 11.7 Å². The molecule has 1 unspecified atom stereocenters. The zero-order chi connectivity index (χ0) is 15.8. The van der Waals surface area contributed by atoms with Crippen LogP contribution in [0, 0.1) is 17.7 Å². The molecule has 1 N–H and O–H groups in total. The molecule has 2 aliphatic heterocycles.